The van der Waals surface area contributed by atoms with E-state index in [1.165, 1.54) is 6.07 Å². The van der Waals surface area contributed by atoms with E-state index in [4.69, 9.17) is 4.52 Å². The first-order valence-electron chi connectivity index (χ1n) is 6.54. The molecule has 0 fully saturated rings. The van der Waals surface area contributed by atoms with E-state index in [0.717, 1.165) is 5.56 Å². The first-order valence-corrected chi connectivity index (χ1v) is 8.20. The molecule has 0 aliphatic carbocycles. The highest BCUT2D eigenvalue weighted by molar-refractivity contribution is 7.88. The molecule has 0 saturated carbocycles. The fourth-order valence-electron chi connectivity index (χ4n) is 1.97. The quantitative estimate of drug-likeness (QED) is 0.789. The monoisotopic (exact) mass is 324 g/mol. The number of rotatable bonds is 7. The molecule has 2 rings (SSSR count). The van der Waals surface area contributed by atoms with Crippen LogP contribution in [-0.2, 0) is 27.0 Å². The highest BCUT2D eigenvalue weighted by atomic mass is 32.2. The summed E-state index contributed by atoms with van der Waals surface area (Å²) in [5, 5.41) is 12.8. The van der Waals surface area contributed by atoms with Gasteiger partial charge in [-0.2, -0.15) is 0 Å². The smallest absolute Gasteiger partial charge is 0.322 e. The number of aliphatic carboxylic acids is 1. The Morgan fingerprint density at radius 2 is 2.05 bits per heavy atom. The summed E-state index contributed by atoms with van der Waals surface area (Å²) in [6, 6.07) is 9.07. The molecule has 0 amide bonds. The third-order valence-corrected chi connectivity index (χ3v) is 4.24. The van der Waals surface area contributed by atoms with E-state index < -0.39 is 27.8 Å². The molecule has 0 spiro atoms. The zero-order chi connectivity index (χ0) is 16.2. The summed E-state index contributed by atoms with van der Waals surface area (Å²) < 4.78 is 31.1. The van der Waals surface area contributed by atoms with Crippen LogP contribution < -0.4 is 4.72 Å². The molecule has 7 nitrogen and oxygen atoms in total. The van der Waals surface area contributed by atoms with Crippen molar-refractivity contribution in [1.82, 2.24) is 9.88 Å². The third-order valence-electron chi connectivity index (χ3n) is 2.92. The van der Waals surface area contributed by atoms with Gasteiger partial charge in [0.25, 0.3) is 0 Å². The normalized spacial score (nSPS) is 13.0. The number of sulfonamides is 1. The number of aromatic nitrogens is 1. The van der Waals surface area contributed by atoms with Crippen LogP contribution in [0.4, 0.5) is 0 Å². The van der Waals surface area contributed by atoms with E-state index in [-0.39, 0.29) is 12.1 Å². The molecule has 22 heavy (non-hydrogen) atoms. The van der Waals surface area contributed by atoms with Gasteiger partial charge in [-0.1, -0.05) is 35.5 Å². The Morgan fingerprint density at radius 3 is 2.59 bits per heavy atom. The van der Waals surface area contributed by atoms with Crippen LogP contribution in [-0.4, -0.2) is 30.7 Å². The molecule has 1 atom stereocenters. The number of carboxylic acid groups (broad SMARTS) is 1. The van der Waals surface area contributed by atoms with Crippen LogP contribution in [0.15, 0.2) is 40.9 Å². The molecule has 0 saturated heterocycles. The van der Waals surface area contributed by atoms with Gasteiger partial charge < -0.3 is 9.63 Å². The van der Waals surface area contributed by atoms with Gasteiger partial charge in [-0.05, 0) is 18.9 Å². The maximum Gasteiger partial charge on any atom is 0.322 e. The van der Waals surface area contributed by atoms with Crippen molar-refractivity contribution in [1.29, 1.82) is 0 Å². The molecular weight excluding hydrogens is 308 g/mol. The number of carbonyl (C=O) groups is 1. The van der Waals surface area contributed by atoms with Crippen LogP contribution in [0.1, 0.15) is 17.0 Å². The standard InChI is InChI=1S/C14H16N2O5S/c1-10-7-12(15-21-10)9-22(19,20)16-13(14(17)18)8-11-5-3-2-4-6-11/h2-7,13,16H,8-9H2,1H3,(H,17,18)/t13-/m0/s1. The number of benzene rings is 1. The summed E-state index contributed by atoms with van der Waals surface area (Å²) in [6.07, 6.45) is 0.0627. The summed E-state index contributed by atoms with van der Waals surface area (Å²) in [4.78, 5) is 11.3. The minimum atomic E-state index is -3.84. The van der Waals surface area contributed by atoms with Crippen LogP contribution in [0, 0.1) is 6.92 Å². The zero-order valence-corrected chi connectivity index (χ0v) is 12.7. The Bertz CT molecular complexity index is 740. The second kappa shape index (κ2) is 6.71. The summed E-state index contributed by atoms with van der Waals surface area (Å²) in [5.74, 6) is -1.17. The highest BCUT2D eigenvalue weighted by Crippen LogP contribution is 2.09. The molecule has 2 aromatic rings. The lowest BCUT2D eigenvalue weighted by Gasteiger charge is -2.14. The zero-order valence-electron chi connectivity index (χ0n) is 11.9. The number of nitrogens with zero attached hydrogens (tertiary/aromatic N) is 1. The van der Waals surface area contributed by atoms with Gasteiger partial charge in [-0.3, -0.25) is 4.79 Å². The second-order valence-electron chi connectivity index (χ2n) is 4.89. The van der Waals surface area contributed by atoms with Gasteiger partial charge in [0.15, 0.2) is 0 Å². The Hall–Kier alpha value is -2.19. The average molecular weight is 324 g/mol. The molecule has 1 aromatic carbocycles. The van der Waals surface area contributed by atoms with Gasteiger partial charge in [0.2, 0.25) is 10.0 Å². The van der Waals surface area contributed by atoms with Crippen molar-refractivity contribution in [2.24, 2.45) is 0 Å². The minimum Gasteiger partial charge on any atom is -0.480 e. The molecule has 1 heterocycles. The number of hydrogen-bond acceptors (Lipinski definition) is 5. The van der Waals surface area contributed by atoms with E-state index in [0.29, 0.717) is 5.76 Å². The summed E-state index contributed by atoms with van der Waals surface area (Å²) in [6.45, 7) is 1.64. The molecule has 118 valence electrons. The van der Waals surface area contributed by atoms with E-state index in [1.807, 2.05) is 0 Å². The maximum atomic E-state index is 12.1. The van der Waals surface area contributed by atoms with Crippen molar-refractivity contribution >= 4 is 16.0 Å². The topological polar surface area (TPSA) is 110 Å². The van der Waals surface area contributed by atoms with Gasteiger partial charge in [0.1, 0.15) is 23.2 Å². The van der Waals surface area contributed by atoms with E-state index >= 15 is 0 Å². The SMILES string of the molecule is Cc1cc(CS(=O)(=O)N[C@@H](Cc2ccccc2)C(=O)O)no1. The van der Waals surface area contributed by atoms with Crippen LogP contribution in [0.25, 0.3) is 0 Å². The van der Waals surface area contributed by atoms with Gasteiger partial charge in [0.05, 0.1) is 0 Å². The molecule has 1 aromatic heterocycles. The van der Waals surface area contributed by atoms with Gasteiger partial charge in [0, 0.05) is 6.07 Å². The minimum absolute atomic E-state index is 0.0627. The van der Waals surface area contributed by atoms with Crippen LogP contribution in [0.2, 0.25) is 0 Å². The van der Waals surface area contributed by atoms with Gasteiger partial charge in [-0.15, -0.1) is 0 Å². The van der Waals surface area contributed by atoms with Gasteiger partial charge >= 0.3 is 5.97 Å². The highest BCUT2D eigenvalue weighted by Gasteiger charge is 2.25. The van der Waals surface area contributed by atoms with Crippen molar-refractivity contribution in [3.05, 3.63) is 53.4 Å². The number of carboxylic acids is 1. The molecule has 0 bridgehead atoms. The molecule has 0 radical (unpaired) electrons. The Kier molecular flexibility index (Phi) is 4.94. The summed E-state index contributed by atoms with van der Waals surface area (Å²) in [5.41, 5.74) is 0.962. The van der Waals surface area contributed by atoms with E-state index in [9.17, 15) is 18.3 Å². The van der Waals surface area contributed by atoms with Crippen molar-refractivity contribution in [2.45, 2.75) is 25.1 Å². The van der Waals surface area contributed by atoms with Crippen molar-refractivity contribution in [2.75, 3.05) is 0 Å². The van der Waals surface area contributed by atoms with Gasteiger partial charge in [-0.25, -0.2) is 13.1 Å². The lowest BCUT2D eigenvalue weighted by Crippen LogP contribution is -2.42. The number of nitrogens with one attached hydrogen (secondary N) is 1. The van der Waals surface area contributed by atoms with Crippen molar-refractivity contribution in [3.63, 3.8) is 0 Å². The summed E-state index contributed by atoms with van der Waals surface area (Å²) >= 11 is 0. The Morgan fingerprint density at radius 1 is 1.36 bits per heavy atom. The van der Waals surface area contributed by atoms with Crippen molar-refractivity contribution < 1.29 is 22.8 Å². The maximum absolute atomic E-state index is 12.1. The molecule has 2 N–H and O–H groups in total. The van der Waals surface area contributed by atoms with E-state index in [2.05, 4.69) is 9.88 Å². The van der Waals surface area contributed by atoms with Crippen molar-refractivity contribution in [3.8, 4) is 0 Å². The Balaban J connectivity index is 2.08. The fourth-order valence-corrected chi connectivity index (χ4v) is 3.19. The number of aryl methyl sites for hydroxylation is 1. The predicted octanol–water partition coefficient (Wildman–Crippen LogP) is 1.10. The van der Waals surface area contributed by atoms with Crippen LogP contribution >= 0.6 is 0 Å². The molecule has 0 aliphatic heterocycles. The third kappa shape index (κ3) is 4.68. The van der Waals surface area contributed by atoms with E-state index in [1.54, 1.807) is 37.3 Å². The number of hydrogen-bond donors (Lipinski definition) is 2. The average Bonchev–Trinajstić information content (AvgIpc) is 2.83. The predicted molar refractivity (Wildman–Crippen MR) is 78.6 cm³/mol. The summed E-state index contributed by atoms with van der Waals surface area (Å²) in [7, 11) is -3.84. The molecule has 0 aliphatic rings. The second-order valence-corrected chi connectivity index (χ2v) is 6.64. The van der Waals surface area contributed by atoms with Crippen LogP contribution in [0.5, 0.6) is 0 Å². The lowest BCUT2D eigenvalue weighted by molar-refractivity contribution is -0.138. The van der Waals surface area contributed by atoms with Crippen LogP contribution in [0.3, 0.4) is 0 Å². The molecule has 8 heteroatoms. The molecule has 0 unspecified atom stereocenters. The fraction of sp³-hybridized carbons (Fsp3) is 0.286. The Labute approximate surface area is 128 Å². The lowest BCUT2D eigenvalue weighted by atomic mass is 10.1. The first-order chi connectivity index (χ1) is 10.4. The molecular formula is C14H16N2O5S. The first kappa shape index (κ1) is 16.2. The largest absolute Gasteiger partial charge is 0.480 e.